The number of hydrogen-bond donors (Lipinski definition) is 0. The Balaban J connectivity index is 1.62. The Morgan fingerprint density at radius 2 is 2.20 bits per heavy atom. The van der Waals surface area contributed by atoms with Crippen LogP contribution in [0.4, 0.5) is 0 Å². The minimum atomic E-state index is 0.0413. The van der Waals surface area contributed by atoms with Crippen molar-refractivity contribution >= 4 is 22.9 Å². The summed E-state index contributed by atoms with van der Waals surface area (Å²) >= 11 is 1.59. The molecule has 6 nitrogen and oxygen atoms in total. The number of carbonyl (C=O) groups excluding carboxylic acids is 1. The number of aromatic nitrogens is 4. The Bertz CT molecular complexity index is 915. The Morgan fingerprint density at radius 3 is 3.00 bits per heavy atom. The van der Waals surface area contributed by atoms with Crippen molar-refractivity contribution in [1.82, 2.24) is 24.5 Å². The molecule has 3 aromatic heterocycles. The van der Waals surface area contributed by atoms with E-state index in [-0.39, 0.29) is 11.9 Å². The fourth-order valence-corrected chi connectivity index (χ4v) is 4.16. The molecule has 0 bridgehead atoms. The molecule has 1 aliphatic rings. The van der Waals surface area contributed by atoms with Crippen LogP contribution in [0, 0.1) is 13.8 Å². The average Bonchev–Trinajstić information content (AvgIpc) is 3.24. The molecular formula is C18H21N5OS. The average molecular weight is 355 g/mol. The summed E-state index contributed by atoms with van der Waals surface area (Å²) in [6, 6.07) is 4.01. The second kappa shape index (κ2) is 6.55. The van der Waals surface area contributed by atoms with Gasteiger partial charge in [-0.05, 0) is 39.2 Å². The molecule has 7 heteroatoms. The van der Waals surface area contributed by atoms with Gasteiger partial charge in [-0.1, -0.05) is 0 Å². The van der Waals surface area contributed by atoms with E-state index in [0.29, 0.717) is 6.42 Å². The smallest absolute Gasteiger partial charge is 0.229 e. The Labute approximate surface area is 150 Å². The van der Waals surface area contributed by atoms with Gasteiger partial charge < -0.3 is 4.90 Å². The van der Waals surface area contributed by atoms with Crippen molar-refractivity contribution in [2.24, 2.45) is 0 Å². The molecule has 0 aromatic carbocycles. The standard InChI is InChI=1S/C18H21N5OS/c1-12-9-15(21-17-6-7-19-23(12)17)16-5-3-4-8-22(16)18(24)10-14-11-25-13(2)20-14/h6-7,9,11,16H,3-5,8,10H2,1-2H3/t16-/m0/s1. The van der Waals surface area contributed by atoms with Gasteiger partial charge in [-0.3, -0.25) is 4.79 Å². The van der Waals surface area contributed by atoms with Crippen LogP contribution in [0.25, 0.3) is 5.65 Å². The van der Waals surface area contributed by atoms with Gasteiger partial charge in [0.25, 0.3) is 0 Å². The third-order valence-corrected chi connectivity index (χ3v) is 5.54. The van der Waals surface area contributed by atoms with Gasteiger partial charge >= 0.3 is 0 Å². The zero-order chi connectivity index (χ0) is 17.4. The molecule has 0 unspecified atom stereocenters. The van der Waals surface area contributed by atoms with Crippen LogP contribution in [0.15, 0.2) is 23.7 Å². The van der Waals surface area contributed by atoms with E-state index in [2.05, 4.69) is 16.1 Å². The number of aryl methyl sites for hydroxylation is 2. The molecule has 3 aromatic rings. The summed E-state index contributed by atoms with van der Waals surface area (Å²) in [5.41, 5.74) is 3.71. The second-order valence-corrected chi connectivity index (χ2v) is 7.62. The summed E-state index contributed by atoms with van der Waals surface area (Å²) in [6.45, 7) is 4.78. The maximum absolute atomic E-state index is 12.9. The molecule has 25 heavy (non-hydrogen) atoms. The zero-order valence-corrected chi connectivity index (χ0v) is 15.3. The van der Waals surface area contributed by atoms with Crippen LogP contribution >= 0.6 is 11.3 Å². The van der Waals surface area contributed by atoms with Crippen LogP contribution in [0.2, 0.25) is 0 Å². The number of carbonyl (C=O) groups is 1. The highest BCUT2D eigenvalue weighted by Crippen LogP contribution is 2.31. The largest absolute Gasteiger partial charge is 0.334 e. The van der Waals surface area contributed by atoms with E-state index in [1.54, 1.807) is 17.5 Å². The Kier molecular flexibility index (Phi) is 4.25. The molecule has 1 atom stereocenters. The molecule has 1 saturated heterocycles. The SMILES string of the molecule is Cc1nc(CC(=O)N2CCCC[C@H]2c2cc(C)n3nccc3n2)cs1. The number of fused-ring (bicyclic) bond motifs is 1. The lowest BCUT2D eigenvalue weighted by Crippen LogP contribution is -2.39. The normalized spacial score (nSPS) is 18.0. The molecule has 4 rings (SSSR count). The van der Waals surface area contributed by atoms with Crippen LogP contribution in [0.1, 0.15) is 47.4 Å². The molecule has 1 amide bonds. The van der Waals surface area contributed by atoms with Crippen molar-refractivity contribution in [3.8, 4) is 0 Å². The first-order chi connectivity index (χ1) is 12.1. The number of piperidine rings is 1. The quantitative estimate of drug-likeness (QED) is 0.724. The highest BCUT2D eigenvalue weighted by Gasteiger charge is 2.29. The van der Waals surface area contributed by atoms with Crippen molar-refractivity contribution in [3.05, 3.63) is 45.8 Å². The number of thiazole rings is 1. The predicted molar refractivity (Wildman–Crippen MR) is 96.6 cm³/mol. The topological polar surface area (TPSA) is 63.4 Å². The molecule has 0 spiro atoms. The maximum atomic E-state index is 12.9. The molecular weight excluding hydrogens is 334 g/mol. The molecule has 0 radical (unpaired) electrons. The molecule has 4 heterocycles. The van der Waals surface area contributed by atoms with Crippen molar-refractivity contribution in [3.63, 3.8) is 0 Å². The van der Waals surface area contributed by atoms with Gasteiger partial charge in [0, 0.05) is 23.7 Å². The van der Waals surface area contributed by atoms with E-state index < -0.39 is 0 Å². The Hall–Kier alpha value is -2.28. The van der Waals surface area contributed by atoms with Crippen LogP contribution in [-0.2, 0) is 11.2 Å². The van der Waals surface area contributed by atoms with Gasteiger partial charge in [0.2, 0.25) is 5.91 Å². The summed E-state index contributed by atoms with van der Waals surface area (Å²) in [4.78, 5) is 24.1. The third kappa shape index (κ3) is 3.16. The summed E-state index contributed by atoms with van der Waals surface area (Å²) in [5, 5.41) is 7.26. The second-order valence-electron chi connectivity index (χ2n) is 6.56. The summed E-state index contributed by atoms with van der Waals surface area (Å²) in [5.74, 6) is 0.142. The Morgan fingerprint density at radius 1 is 1.32 bits per heavy atom. The summed E-state index contributed by atoms with van der Waals surface area (Å²) in [6.07, 6.45) is 5.25. The van der Waals surface area contributed by atoms with Gasteiger partial charge in [0.15, 0.2) is 5.65 Å². The van der Waals surface area contributed by atoms with E-state index in [9.17, 15) is 4.79 Å². The number of amides is 1. The third-order valence-electron chi connectivity index (χ3n) is 4.72. The minimum Gasteiger partial charge on any atom is -0.334 e. The fourth-order valence-electron chi connectivity index (χ4n) is 3.55. The first kappa shape index (κ1) is 16.2. The highest BCUT2D eigenvalue weighted by atomic mass is 32.1. The lowest BCUT2D eigenvalue weighted by molar-refractivity contribution is -0.134. The first-order valence-corrected chi connectivity index (χ1v) is 9.51. The molecule has 1 aliphatic heterocycles. The monoisotopic (exact) mass is 355 g/mol. The predicted octanol–water partition coefficient (Wildman–Crippen LogP) is 3.10. The zero-order valence-electron chi connectivity index (χ0n) is 14.5. The van der Waals surface area contributed by atoms with E-state index in [1.165, 1.54) is 0 Å². The molecule has 130 valence electrons. The first-order valence-electron chi connectivity index (χ1n) is 8.63. The van der Waals surface area contributed by atoms with Crippen LogP contribution in [-0.4, -0.2) is 36.9 Å². The van der Waals surface area contributed by atoms with Gasteiger partial charge in [-0.15, -0.1) is 11.3 Å². The summed E-state index contributed by atoms with van der Waals surface area (Å²) in [7, 11) is 0. The number of rotatable bonds is 3. The van der Waals surface area contributed by atoms with Gasteiger partial charge in [0.1, 0.15) is 0 Å². The number of likely N-dealkylation sites (tertiary alicyclic amines) is 1. The van der Waals surface area contributed by atoms with E-state index in [0.717, 1.165) is 53.5 Å². The van der Waals surface area contributed by atoms with E-state index in [1.807, 2.05) is 34.7 Å². The van der Waals surface area contributed by atoms with Gasteiger partial charge in [-0.2, -0.15) is 5.10 Å². The molecule has 0 saturated carbocycles. The van der Waals surface area contributed by atoms with Crippen LogP contribution in [0.3, 0.4) is 0 Å². The van der Waals surface area contributed by atoms with Crippen molar-refractivity contribution in [2.75, 3.05) is 6.54 Å². The highest BCUT2D eigenvalue weighted by molar-refractivity contribution is 7.09. The van der Waals surface area contributed by atoms with Crippen molar-refractivity contribution in [1.29, 1.82) is 0 Å². The number of nitrogens with zero attached hydrogens (tertiary/aromatic N) is 5. The van der Waals surface area contributed by atoms with Crippen molar-refractivity contribution < 1.29 is 4.79 Å². The maximum Gasteiger partial charge on any atom is 0.229 e. The minimum absolute atomic E-state index is 0.0413. The lowest BCUT2D eigenvalue weighted by Gasteiger charge is -2.35. The van der Waals surface area contributed by atoms with Gasteiger partial charge in [-0.25, -0.2) is 14.5 Å². The fraction of sp³-hybridized carbons (Fsp3) is 0.444. The lowest BCUT2D eigenvalue weighted by atomic mass is 9.98. The summed E-state index contributed by atoms with van der Waals surface area (Å²) < 4.78 is 1.83. The van der Waals surface area contributed by atoms with Gasteiger partial charge in [0.05, 0.1) is 35.1 Å². The van der Waals surface area contributed by atoms with Crippen LogP contribution in [0.5, 0.6) is 0 Å². The molecule has 0 aliphatic carbocycles. The van der Waals surface area contributed by atoms with Crippen molar-refractivity contribution in [2.45, 2.75) is 45.6 Å². The molecule has 0 N–H and O–H groups in total. The van der Waals surface area contributed by atoms with E-state index >= 15 is 0 Å². The molecule has 1 fully saturated rings. The number of hydrogen-bond acceptors (Lipinski definition) is 5. The van der Waals surface area contributed by atoms with E-state index in [4.69, 9.17) is 4.98 Å². The van der Waals surface area contributed by atoms with Crippen LogP contribution < -0.4 is 0 Å².